The van der Waals surface area contributed by atoms with Gasteiger partial charge in [-0.3, -0.25) is 0 Å². The zero-order valence-corrected chi connectivity index (χ0v) is 11.3. The Bertz CT molecular complexity index is 545. The van der Waals surface area contributed by atoms with Gasteiger partial charge in [-0.15, -0.1) is 0 Å². The first-order valence-corrected chi connectivity index (χ1v) is 6.80. The van der Waals surface area contributed by atoms with Crippen molar-refractivity contribution in [2.75, 3.05) is 6.54 Å². The fraction of sp³-hybridized carbons (Fsp3) is 0.143. The Morgan fingerprint density at radius 3 is 2.67 bits per heavy atom. The first kappa shape index (κ1) is 13.4. The number of rotatable bonds is 4. The topological polar surface area (TPSA) is 26.0 Å². The van der Waals surface area contributed by atoms with Gasteiger partial charge in [0, 0.05) is 14.8 Å². The molecule has 0 atom stereocenters. The molecule has 1 nitrogen and oxygen atoms in total. The highest BCUT2D eigenvalue weighted by atomic mass is 35.5. The van der Waals surface area contributed by atoms with Crippen LogP contribution in [0.5, 0.6) is 0 Å². The molecule has 94 valence electrons. The van der Waals surface area contributed by atoms with Crippen molar-refractivity contribution >= 4 is 23.4 Å². The van der Waals surface area contributed by atoms with Crippen LogP contribution in [0.25, 0.3) is 0 Å². The molecule has 0 radical (unpaired) electrons. The number of hydrogen-bond acceptors (Lipinski definition) is 2. The predicted molar refractivity (Wildman–Crippen MR) is 74.7 cm³/mol. The third kappa shape index (κ3) is 3.48. The summed E-state index contributed by atoms with van der Waals surface area (Å²) in [6.45, 7) is 0.528. The lowest BCUT2D eigenvalue weighted by Crippen LogP contribution is -2.02. The summed E-state index contributed by atoms with van der Waals surface area (Å²) in [5.41, 5.74) is 6.37. The van der Waals surface area contributed by atoms with E-state index in [0.29, 0.717) is 22.9 Å². The summed E-state index contributed by atoms with van der Waals surface area (Å²) in [6.07, 6.45) is 0.693. The minimum absolute atomic E-state index is 0.217. The minimum Gasteiger partial charge on any atom is -0.330 e. The number of nitrogens with two attached hydrogens (primary N) is 1. The highest BCUT2D eigenvalue weighted by molar-refractivity contribution is 7.99. The summed E-state index contributed by atoms with van der Waals surface area (Å²) in [5, 5.41) is 0.653. The van der Waals surface area contributed by atoms with Gasteiger partial charge >= 0.3 is 0 Å². The second-order valence-electron chi connectivity index (χ2n) is 3.86. The Labute approximate surface area is 115 Å². The smallest absolute Gasteiger partial charge is 0.137 e. The van der Waals surface area contributed by atoms with E-state index in [9.17, 15) is 4.39 Å². The van der Waals surface area contributed by atoms with Crippen molar-refractivity contribution in [3.63, 3.8) is 0 Å². The van der Waals surface area contributed by atoms with Crippen LogP contribution in [0.15, 0.2) is 52.3 Å². The van der Waals surface area contributed by atoms with E-state index >= 15 is 0 Å². The van der Waals surface area contributed by atoms with Gasteiger partial charge in [-0.1, -0.05) is 35.5 Å². The lowest BCUT2D eigenvalue weighted by atomic mass is 10.1. The minimum atomic E-state index is -0.217. The fourth-order valence-electron chi connectivity index (χ4n) is 1.61. The van der Waals surface area contributed by atoms with Gasteiger partial charge in [-0.05, 0) is 48.9 Å². The monoisotopic (exact) mass is 281 g/mol. The van der Waals surface area contributed by atoms with E-state index in [2.05, 4.69) is 0 Å². The molecule has 2 aromatic carbocycles. The van der Waals surface area contributed by atoms with Crippen molar-refractivity contribution < 1.29 is 4.39 Å². The number of halogens is 2. The van der Waals surface area contributed by atoms with Gasteiger partial charge in [-0.2, -0.15) is 0 Å². The molecule has 4 heteroatoms. The van der Waals surface area contributed by atoms with Crippen molar-refractivity contribution in [1.29, 1.82) is 0 Å². The van der Waals surface area contributed by atoms with Crippen molar-refractivity contribution in [2.45, 2.75) is 16.2 Å². The predicted octanol–water partition coefficient (Wildman–Crippen LogP) is 4.13. The lowest BCUT2D eigenvalue weighted by Gasteiger charge is -2.06. The number of hydrogen-bond donors (Lipinski definition) is 1. The van der Waals surface area contributed by atoms with Gasteiger partial charge in [0.2, 0.25) is 0 Å². The highest BCUT2D eigenvalue weighted by Crippen LogP contribution is 2.31. The molecule has 0 unspecified atom stereocenters. The van der Waals surface area contributed by atoms with Crippen LogP contribution < -0.4 is 5.73 Å². The molecule has 0 saturated carbocycles. The molecule has 0 heterocycles. The standard InChI is InChI=1S/C14H13ClFNS/c15-11-2-1-3-12(9-11)18-14-5-4-10(6-7-17)8-13(14)16/h1-5,8-9H,6-7,17H2. The molecule has 0 spiro atoms. The van der Waals surface area contributed by atoms with Gasteiger partial charge in [-0.25, -0.2) is 4.39 Å². The quantitative estimate of drug-likeness (QED) is 0.912. The molecule has 0 aromatic heterocycles. The van der Waals surface area contributed by atoms with Crippen LogP contribution >= 0.6 is 23.4 Å². The van der Waals surface area contributed by atoms with E-state index in [0.717, 1.165) is 10.5 Å². The van der Waals surface area contributed by atoms with Gasteiger partial charge < -0.3 is 5.73 Å². The first-order chi connectivity index (χ1) is 8.69. The normalized spacial score (nSPS) is 10.6. The molecular weight excluding hydrogens is 269 g/mol. The van der Waals surface area contributed by atoms with E-state index in [1.54, 1.807) is 18.2 Å². The Hall–Kier alpha value is -1.03. The van der Waals surface area contributed by atoms with Gasteiger partial charge in [0.15, 0.2) is 0 Å². The molecule has 2 rings (SSSR count). The summed E-state index contributed by atoms with van der Waals surface area (Å²) in [5.74, 6) is -0.217. The van der Waals surface area contributed by atoms with E-state index in [-0.39, 0.29) is 5.82 Å². The summed E-state index contributed by atoms with van der Waals surface area (Å²) >= 11 is 7.26. The largest absolute Gasteiger partial charge is 0.330 e. The lowest BCUT2D eigenvalue weighted by molar-refractivity contribution is 0.599. The molecule has 0 aliphatic carbocycles. The summed E-state index contributed by atoms with van der Waals surface area (Å²) in [4.78, 5) is 1.52. The van der Waals surface area contributed by atoms with Crippen LogP contribution in [-0.4, -0.2) is 6.54 Å². The van der Waals surface area contributed by atoms with Gasteiger partial charge in [0.25, 0.3) is 0 Å². The SMILES string of the molecule is NCCc1ccc(Sc2cccc(Cl)c2)c(F)c1. The number of benzene rings is 2. The van der Waals surface area contributed by atoms with E-state index in [1.807, 2.05) is 24.3 Å². The first-order valence-electron chi connectivity index (χ1n) is 5.61. The van der Waals surface area contributed by atoms with Crippen LogP contribution in [0.3, 0.4) is 0 Å². The second-order valence-corrected chi connectivity index (χ2v) is 5.41. The molecule has 0 amide bonds. The second kappa shape index (κ2) is 6.23. The molecule has 0 aliphatic heterocycles. The Morgan fingerprint density at radius 2 is 2.00 bits per heavy atom. The summed E-state index contributed by atoms with van der Waals surface area (Å²) in [7, 11) is 0. The molecule has 0 saturated heterocycles. The van der Waals surface area contributed by atoms with Gasteiger partial charge in [0.05, 0.1) is 0 Å². The van der Waals surface area contributed by atoms with Crippen LogP contribution in [0.2, 0.25) is 5.02 Å². The maximum Gasteiger partial charge on any atom is 0.137 e. The highest BCUT2D eigenvalue weighted by Gasteiger charge is 2.05. The van der Waals surface area contributed by atoms with E-state index < -0.39 is 0 Å². The maximum absolute atomic E-state index is 13.9. The van der Waals surface area contributed by atoms with Crippen molar-refractivity contribution in [3.05, 3.63) is 58.9 Å². The van der Waals surface area contributed by atoms with E-state index in [1.165, 1.54) is 11.8 Å². The molecule has 18 heavy (non-hydrogen) atoms. The third-order valence-electron chi connectivity index (χ3n) is 2.45. The van der Waals surface area contributed by atoms with Crippen LogP contribution in [0.1, 0.15) is 5.56 Å². The Balaban J connectivity index is 2.19. The maximum atomic E-state index is 13.9. The van der Waals surface area contributed by atoms with Crippen molar-refractivity contribution in [2.24, 2.45) is 5.73 Å². The molecule has 0 bridgehead atoms. The molecule has 2 N–H and O–H groups in total. The average Bonchev–Trinajstić information content (AvgIpc) is 2.33. The van der Waals surface area contributed by atoms with Crippen LogP contribution in [0, 0.1) is 5.82 Å². The van der Waals surface area contributed by atoms with Crippen LogP contribution in [-0.2, 0) is 6.42 Å². The summed E-state index contributed by atoms with van der Waals surface area (Å²) < 4.78 is 13.9. The average molecular weight is 282 g/mol. The van der Waals surface area contributed by atoms with Crippen LogP contribution in [0.4, 0.5) is 4.39 Å². The molecule has 0 fully saturated rings. The van der Waals surface area contributed by atoms with Crippen molar-refractivity contribution in [1.82, 2.24) is 0 Å². The zero-order valence-electron chi connectivity index (χ0n) is 9.70. The van der Waals surface area contributed by atoms with E-state index in [4.69, 9.17) is 17.3 Å². The van der Waals surface area contributed by atoms with Crippen molar-refractivity contribution in [3.8, 4) is 0 Å². The third-order valence-corrected chi connectivity index (χ3v) is 3.73. The summed E-state index contributed by atoms with van der Waals surface area (Å²) in [6, 6.07) is 12.6. The molecular formula is C14H13ClFNS. The Kier molecular flexibility index (Phi) is 4.64. The fourth-order valence-corrected chi connectivity index (χ4v) is 2.74. The van der Waals surface area contributed by atoms with Gasteiger partial charge in [0.1, 0.15) is 5.82 Å². The Morgan fingerprint density at radius 1 is 1.17 bits per heavy atom. The molecule has 2 aromatic rings. The zero-order chi connectivity index (χ0) is 13.0. The molecule has 0 aliphatic rings.